The zero-order valence-corrected chi connectivity index (χ0v) is 13.1. The van der Waals surface area contributed by atoms with Crippen molar-refractivity contribution in [3.63, 3.8) is 0 Å². The molecule has 1 N–H and O–H groups in total. The molecule has 106 valence electrons. The fourth-order valence-electron chi connectivity index (χ4n) is 3.11. The lowest BCUT2D eigenvalue weighted by atomic mass is 9.89. The van der Waals surface area contributed by atoms with Gasteiger partial charge in [-0.2, -0.15) is 0 Å². The van der Waals surface area contributed by atoms with E-state index >= 15 is 0 Å². The van der Waals surface area contributed by atoms with E-state index in [4.69, 9.17) is 23.2 Å². The van der Waals surface area contributed by atoms with Gasteiger partial charge in [0.2, 0.25) is 0 Å². The Kier molecular flexibility index (Phi) is 6.00. The average molecular weight is 300 g/mol. The molecule has 1 saturated carbocycles. The molecule has 19 heavy (non-hydrogen) atoms. The smallest absolute Gasteiger partial charge is 0.0454 e. The average Bonchev–Trinajstić information content (AvgIpc) is 2.67. The fourth-order valence-corrected chi connectivity index (χ4v) is 3.54. The van der Waals surface area contributed by atoms with Crippen LogP contribution in [0.4, 0.5) is 0 Å². The Morgan fingerprint density at radius 3 is 2.47 bits per heavy atom. The monoisotopic (exact) mass is 299 g/mol. The molecule has 1 aromatic rings. The number of benzene rings is 1. The highest BCUT2D eigenvalue weighted by atomic mass is 35.5. The number of rotatable bonds is 4. The summed E-state index contributed by atoms with van der Waals surface area (Å²) in [4.78, 5) is 0. The molecule has 0 aliphatic heterocycles. The van der Waals surface area contributed by atoms with Crippen LogP contribution in [0.3, 0.4) is 0 Å². The summed E-state index contributed by atoms with van der Waals surface area (Å²) < 4.78 is 0. The van der Waals surface area contributed by atoms with E-state index in [-0.39, 0.29) is 0 Å². The van der Waals surface area contributed by atoms with E-state index in [0.717, 1.165) is 27.9 Å². The summed E-state index contributed by atoms with van der Waals surface area (Å²) >= 11 is 12.4. The van der Waals surface area contributed by atoms with Crippen LogP contribution in [0.2, 0.25) is 10.0 Å². The molecule has 1 atom stereocenters. The van der Waals surface area contributed by atoms with Crippen molar-refractivity contribution in [3.05, 3.63) is 33.8 Å². The SMILES string of the molecule is CNC(CC1CCCCCC1)c1cc(Cl)ccc1Cl. The van der Waals surface area contributed by atoms with Crippen molar-refractivity contribution in [2.75, 3.05) is 7.05 Å². The first-order valence-electron chi connectivity index (χ1n) is 7.33. The Morgan fingerprint density at radius 2 is 1.84 bits per heavy atom. The highest BCUT2D eigenvalue weighted by Crippen LogP contribution is 2.34. The van der Waals surface area contributed by atoms with Gasteiger partial charge in [0.05, 0.1) is 0 Å². The van der Waals surface area contributed by atoms with Gasteiger partial charge in [-0.25, -0.2) is 0 Å². The first-order valence-corrected chi connectivity index (χ1v) is 8.08. The van der Waals surface area contributed by atoms with Crippen LogP contribution in [-0.4, -0.2) is 7.05 Å². The van der Waals surface area contributed by atoms with Gasteiger partial charge >= 0.3 is 0 Å². The summed E-state index contributed by atoms with van der Waals surface area (Å²) in [5, 5.41) is 4.99. The van der Waals surface area contributed by atoms with Crippen molar-refractivity contribution in [1.29, 1.82) is 0 Å². The third-order valence-electron chi connectivity index (χ3n) is 4.23. The van der Waals surface area contributed by atoms with Crippen LogP contribution in [0.25, 0.3) is 0 Å². The van der Waals surface area contributed by atoms with Gasteiger partial charge in [0.15, 0.2) is 0 Å². The number of hydrogen-bond acceptors (Lipinski definition) is 1. The van der Waals surface area contributed by atoms with E-state index in [1.54, 1.807) is 0 Å². The first kappa shape index (κ1) is 15.2. The molecule has 0 radical (unpaired) electrons. The summed E-state index contributed by atoms with van der Waals surface area (Å²) in [7, 11) is 2.01. The van der Waals surface area contributed by atoms with Gasteiger partial charge < -0.3 is 5.32 Å². The highest BCUT2D eigenvalue weighted by molar-refractivity contribution is 6.33. The maximum absolute atomic E-state index is 6.32. The quantitative estimate of drug-likeness (QED) is 0.712. The van der Waals surface area contributed by atoms with Crippen LogP contribution in [0.1, 0.15) is 56.6 Å². The first-order chi connectivity index (χ1) is 9.20. The molecule has 0 saturated heterocycles. The van der Waals surface area contributed by atoms with Gasteiger partial charge in [-0.15, -0.1) is 0 Å². The number of hydrogen-bond donors (Lipinski definition) is 1. The Hall–Kier alpha value is -0.240. The van der Waals surface area contributed by atoms with Crippen LogP contribution in [0, 0.1) is 5.92 Å². The highest BCUT2D eigenvalue weighted by Gasteiger charge is 2.20. The van der Waals surface area contributed by atoms with Crippen LogP contribution in [-0.2, 0) is 0 Å². The minimum atomic E-state index is 0.314. The molecule has 0 amide bonds. The summed E-state index contributed by atoms with van der Waals surface area (Å²) in [5.74, 6) is 0.815. The molecule has 0 heterocycles. The minimum Gasteiger partial charge on any atom is -0.313 e. The lowest BCUT2D eigenvalue weighted by molar-refractivity contribution is 0.368. The van der Waals surface area contributed by atoms with Crippen molar-refractivity contribution in [3.8, 4) is 0 Å². The maximum atomic E-state index is 6.32. The Balaban J connectivity index is 2.08. The van der Waals surface area contributed by atoms with Crippen LogP contribution < -0.4 is 5.32 Å². The molecule has 1 aromatic carbocycles. The molecule has 1 aliphatic rings. The third kappa shape index (κ3) is 4.37. The fraction of sp³-hybridized carbons (Fsp3) is 0.625. The molecule has 0 aromatic heterocycles. The van der Waals surface area contributed by atoms with Gasteiger partial charge in [-0.05, 0) is 43.1 Å². The number of nitrogens with one attached hydrogen (secondary N) is 1. The van der Waals surface area contributed by atoms with Crippen molar-refractivity contribution < 1.29 is 0 Å². The molecule has 0 spiro atoms. The molecule has 3 heteroatoms. The molecule has 1 fully saturated rings. The maximum Gasteiger partial charge on any atom is 0.0454 e. The standard InChI is InChI=1S/C16H23Cl2N/c1-19-16(10-12-6-4-2-3-5-7-12)14-11-13(17)8-9-15(14)18/h8-9,11-12,16,19H,2-7,10H2,1H3. The lowest BCUT2D eigenvalue weighted by Gasteiger charge is -2.23. The van der Waals surface area contributed by atoms with Gasteiger partial charge in [0, 0.05) is 16.1 Å². The Bertz CT molecular complexity index is 398. The topological polar surface area (TPSA) is 12.0 Å². The van der Waals surface area contributed by atoms with E-state index in [0.29, 0.717) is 6.04 Å². The second-order valence-corrected chi connectivity index (χ2v) is 6.44. The second kappa shape index (κ2) is 7.52. The van der Waals surface area contributed by atoms with Crippen LogP contribution in [0.5, 0.6) is 0 Å². The van der Waals surface area contributed by atoms with Crippen molar-refractivity contribution in [2.45, 2.75) is 51.0 Å². The largest absolute Gasteiger partial charge is 0.313 e. The van der Waals surface area contributed by atoms with E-state index in [1.165, 1.54) is 38.5 Å². The van der Waals surface area contributed by atoms with Crippen molar-refractivity contribution >= 4 is 23.2 Å². The molecule has 1 aliphatic carbocycles. The normalized spacial score (nSPS) is 19.1. The predicted molar refractivity (Wildman–Crippen MR) is 84.1 cm³/mol. The van der Waals surface area contributed by atoms with Crippen molar-refractivity contribution in [1.82, 2.24) is 5.32 Å². The van der Waals surface area contributed by atoms with E-state index in [1.807, 2.05) is 25.2 Å². The second-order valence-electron chi connectivity index (χ2n) is 5.60. The van der Waals surface area contributed by atoms with Gasteiger partial charge in [-0.3, -0.25) is 0 Å². The molecular formula is C16H23Cl2N. The van der Waals surface area contributed by atoms with Crippen molar-refractivity contribution in [2.24, 2.45) is 5.92 Å². The lowest BCUT2D eigenvalue weighted by Crippen LogP contribution is -2.20. The summed E-state index contributed by atoms with van der Waals surface area (Å²) in [6.07, 6.45) is 9.44. The van der Waals surface area contributed by atoms with E-state index in [9.17, 15) is 0 Å². The molecule has 1 unspecified atom stereocenters. The van der Waals surface area contributed by atoms with Crippen LogP contribution >= 0.6 is 23.2 Å². The van der Waals surface area contributed by atoms with Crippen LogP contribution in [0.15, 0.2) is 18.2 Å². The molecular weight excluding hydrogens is 277 g/mol. The Morgan fingerprint density at radius 1 is 1.16 bits per heavy atom. The zero-order valence-electron chi connectivity index (χ0n) is 11.6. The zero-order chi connectivity index (χ0) is 13.7. The summed E-state index contributed by atoms with van der Waals surface area (Å²) in [5.41, 5.74) is 1.14. The summed E-state index contributed by atoms with van der Waals surface area (Å²) in [6, 6.07) is 6.07. The molecule has 0 bridgehead atoms. The van der Waals surface area contributed by atoms with E-state index in [2.05, 4.69) is 5.32 Å². The van der Waals surface area contributed by atoms with Gasteiger partial charge in [-0.1, -0.05) is 61.7 Å². The Labute approximate surface area is 126 Å². The van der Waals surface area contributed by atoms with Gasteiger partial charge in [0.1, 0.15) is 0 Å². The molecule has 2 rings (SSSR count). The van der Waals surface area contributed by atoms with E-state index < -0.39 is 0 Å². The third-order valence-corrected chi connectivity index (χ3v) is 4.81. The predicted octanol–water partition coefficient (Wildman–Crippen LogP) is 5.61. The number of halogens is 2. The van der Waals surface area contributed by atoms with Gasteiger partial charge in [0.25, 0.3) is 0 Å². The summed E-state index contributed by atoms with van der Waals surface area (Å²) in [6.45, 7) is 0. The minimum absolute atomic E-state index is 0.314. The molecule has 1 nitrogen and oxygen atoms in total.